The molecule has 19 heavy (non-hydrogen) atoms. The zero-order valence-corrected chi connectivity index (χ0v) is 12.0. The van der Waals surface area contributed by atoms with Crippen LogP contribution in [-0.2, 0) is 16.0 Å². The molecule has 1 unspecified atom stereocenters. The lowest BCUT2D eigenvalue weighted by Crippen LogP contribution is -2.32. The number of H-pyrrole nitrogens is 1. The number of nitrogens with zero attached hydrogens (tertiary/aromatic N) is 1. The van der Waals surface area contributed by atoms with Crippen molar-refractivity contribution in [3.05, 3.63) is 22.1 Å². The fourth-order valence-electron chi connectivity index (χ4n) is 1.49. The normalized spacial score (nSPS) is 12.2. The summed E-state index contributed by atoms with van der Waals surface area (Å²) >= 11 is 1.38. The number of rotatable bonds is 7. The van der Waals surface area contributed by atoms with Crippen molar-refractivity contribution in [2.24, 2.45) is 5.73 Å². The van der Waals surface area contributed by atoms with Gasteiger partial charge in [0.25, 0.3) is 5.56 Å². The van der Waals surface area contributed by atoms with E-state index >= 15 is 0 Å². The lowest BCUT2D eigenvalue weighted by Gasteiger charge is -2.08. The molecule has 1 heterocycles. The van der Waals surface area contributed by atoms with Crippen LogP contribution in [0, 0.1) is 0 Å². The predicted octanol–water partition coefficient (Wildman–Crippen LogP) is 0.705. The monoisotopic (exact) mass is 285 g/mol. The summed E-state index contributed by atoms with van der Waals surface area (Å²) < 4.78 is 4.54. The van der Waals surface area contributed by atoms with Gasteiger partial charge in [-0.1, -0.05) is 25.1 Å². The summed E-state index contributed by atoms with van der Waals surface area (Å²) in [6.07, 6.45) is 2.19. The van der Waals surface area contributed by atoms with Gasteiger partial charge >= 0.3 is 5.97 Å². The molecule has 0 radical (unpaired) electrons. The van der Waals surface area contributed by atoms with Crippen LogP contribution < -0.4 is 11.3 Å². The molecule has 3 N–H and O–H groups in total. The van der Waals surface area contributed by atoms with Gasteiger partial charge in [0, 0.05) is 17.5 Å². The Balaban J connectivity index is 2.53. The standard InChI is InChI=1S/C12H19N3O3S/c1-3-4-8-7-10(16)15-12(14-8)19-6-5-9(13)11(17)18-2/h7,9H,3-6,13H2,1-2H3,(H,14,15,16). The first kappa shape index (κ1) is 15.7. The van der Waals surface area contributed by atoms with E-state index in [1.165, 1.54) is 24.9 Å². The first-order chi connectivity index (χ1) is 9.06. The number of hydrogen-bond acceptors (Lipinski definition) is 6. The molecule has 0 fully saturated rings. The fourth-order valence-corrected chi connectivity index (χ4v) is 2.41. The van der Waals surface area contributed by atoms with E-state index in [0.717, 1.165) is 18.5 Å². The molecular weight excluding hydrogens is 266 g/mol. The molecule has 0 saturated carbocycles. The zero-order valence-electron chi connectivity index (χ0n) is 11.1. The Kier molecular flexibility index (Phi) is 6.58. The van der Waals surface area contributed by atoms with Gasteiger partial charge in [0.15, 0.2) is 5.16 Å². The molecule has 0 aliphatic rings. The summed E-state index contributed by atoms with van der Waals surface area (Å²) in [6.45, 7) is 2.03. The van der Waals surface area contributed by atoms with Crippen LogP contribution >= 0.6 is 11.8 Å². The summed E-state index contributed by atoms with van der Waals surface area (Å²) in [5.41, 5.74) is 6.25. The Hall–Kier alpha value is -1.34. The maximum absolute atomic E-state index is 11.4. The summed E-state index contributed by atoms with van der Waals surface area (Å²) in [5.74, 6) is 0.163. The first-order valence-electron chi connectivity index (χ1n) is 6.13. The van der Waals surface area contributed by atoms with Crippen LogP contribution in [0.25, 0.3) is 0 Å². The van der Waals surface area contributed by atoms with Crippen LogP contribution in [0.5, 0.6) is 0 Å². The fraction of sp³-hybridized carbons (Fsp3) is 0.583. The van der Waals surface area contributed by atoms with Crippen molar-refractivity contribution in [2.75, 3.05) is 12.9 Å². The number of esters is 1. The summed E-state index contributed by atoms with van der Waals surface area (Å²) in [6, 6.07) is 0.872. The lowest BCUT2D eigenvalue weighted by molar-refractivity contribution is -0.142. The molecule has 7 heteroatoms. The first-order valence-corrected chi connectivity index (χ1v) is 7.11. The van der Waals surface area contributed by atoms with Gasteiger partial charge in [-0.3, -0.25) is 9.59 Å². The predicted molar refractivity (Wildman–Crippen MR) is 74.2 cm³/mol. The molecular formula is C12H19N3O3S. The maximum Gasteiger partial charge on any atom is 0.322 e. The molecule has 0 bridgehead atoms. The number of methoxy groups -OCH3 is 1. The van der Waals surface area contributed by atoms with Gasteiger partial charge in [0.2, 0.25) is 0 Å². The molecule has 1 aromatic rings. The minimum Gasteiger partial charge on any atom is -0.468 e. The van der Waals surface area contributed by atoms with Gasteiger partial charge in [0.1, 0.15) is 6.04 Å². The highest BCUT2D eigenvalue weighted by molar-refractivity contribution is 7.99. The second-order valence-corrected chi connectivity index (χ2v) is 5.14. The van der Waals surface area contributed by atoms with Crippen LogP contribution in [0.1, 0.15) is 25.5 Å². The van der Waals surface area contributed by atoms with E-state index in [0.29, 0.717) is 17.3 Å². The van der Waals surface area contributed by atoms with Crippen LogP contribution in [0.3, 0.4) is 0 Å². The van der Waals surface area contributed by atoms with Crippen molar-refractivity contribution in [3.8, 4) is 0 Å². The van der Waals surface area contributed by atoms with E-state index in [2.05, 4.69) is 14.7 Å². The van der Waals surface area contributed by atoms with Crippen LogP contribution in [-0.4, -0.2) is 34.8 Å². The van der Waals surface area contributed by atoms with Crippen LogP contribution in [0.15, 0.2) is 16.0 Å². The number of thioether (sulfide) groups is 1. The van der Waals surface area contributed by atoms with E-state index in [1.807, 2.05) is 6.92 Å². The minimum absolute atomic E-state index is 0.154. The third-order valence-electron chi connectivity index (χ3n) is 2.45. The van der Waals surface area contributed by atoms with Gasteiger partial charge in [-0.15, -0.1) is 0 Å². The van der Waals surface area contributed by atoms with Gasteiger partial charge in [-0.25, -0.2) is 4.98 Å². The number of aryl methyl sites for hydroxylation is 1. The van der Waals surface area contributed by atoms with Crippen molar-refractivity contribution >= 4 is 17.7 Å². The number of nitrogens with two attached hydrogens (primary N) is 1. The molecule has 106 valence electrons. The number of ether oxygens (including phenoxy) is 1. The van der Waals surface area contributed by atoms with Crippen molar-refractivity contribution in [3.63, 3.8) is 0 Å². The lowest BCUT2D eigenvalue weighted by atomic mass is 10.2. The average Bonchev–Trinajstić information content (AvgIpc) is 2.37. The second kappa shape index (κ2) is 7.96. The number of carbonyl (C=O) groups is 1. The smallest absolute Gasteiger partial charge is 0.322 e. The van der Waals surface area contributed by atoms with Crippen molar-refractivity contribution in [1.82, 2.24) is 9.97 Å². The topological polar surface area (TPSA) is 98.1 Å². The van der Waals surface area contributed by atoms with E-state index in [1.54, 1.807) is 0 Å². The van der Waals surface area contributed by atoms with Gasteiger partial charge in [-0.2, -0.15) is 0 Å². The molecule has 1 rings (SSSR count). The summed E-state index contributed by atoms with van der Waals surface area (Å²) in [4.78, 5) is 29.5. The van der Waals surface area contributed by atoms with Gasteiger partial charge < -0.3 is 15.5 Å². The average molecular weight is 285 g/mol. The highest BCUT2D eigenvalue weighted by atomic mass is 32.2. The van der Waals surface area contributed by atoms with Crippen molar-refractivity contribution in [1.29, 1.82) is 0 Å². The van der Waals surface area contributed by atoms with Crippen LogP contribution in [0.2, 0.25) is 0 Å². The van der Waals surface area contributed by atoms with Gasteiger partial charge in [-0.05, 0) is 12.8 Å². The number of carbonyl (C=O) groups excluding carboxylic acids is 1. The molecule has 0 amide bonds. The van der Waals surface area contributed by atoms with E-state index in [9.17, 15) is 9.59 Å². The Morgan fingerprint density at radius 2 is 2.37 bits per heavy atom. The van der Waals surface area contributed by atoms with E-state index in [4.69, 9.17) is 5.73 Å². The van der Waals surface area contributed by atoms with Gasteiger partial charge in [0.05, 0.1) is 7.11 Å². The SMILES string of the molecule is CCCc1cc(=O)[nH]c(SCCC(N)C(=O)OC)n1. The summed E-state index contributed by atoms with van der Waals surface area (Å²) in [5, 5.41) is 0.563. The van der Waals surface area contributed by atoms with E-state index < -0.39 is 12.0 Å². The number of aromatic nitrogens is 2. The van der Waals surface area contributed by atoms with E-state index in [-0.39, 0.29) is 5.56 Å². The number of hydrogen-bond donors (Lipinski definition) is 2. The molecule has 1 atom stereocenters. The number of nitrogens with one attached hydrogen (secondary N) is 1. The zero-order chi connectivity index (χ0) is 14.3. The molecule has 0 spiro atoms. The Labute approximate surface area is 116 Å². The Bertz CT molecular complexity index is 476. The van der Waals surface area contributed by atoms with Crippen LogP contribution in [0.4, 0.5) is 0 Å². The quantitative estimate of drug-likeness (QED) is 0.435. The Morgan fingerprint density at radius 1 is 1.63 bits per heavy atom. The molecule has 0 aliphatic heterocycles. The van der Waals surface area contributed by atoms with Crippen molar-refractivity contribution in [2.45, 2.75) is 37.4 Å². The number of aromatic amines is 1. The third-order valence-corrected chi connectivity index (χ3v) is 3.36. The van der Waals surface area contributed by atoms with Crippen molar-refractivity contribution < 1.29 is 9.53 Å². The molecule has 0 aliphatic carbocycles. The maximum atomic E-state index is 11.4. The summed E-state index contributed by atoms with van der Waals surface area (Å²) in [7, 11) is 1.31. The molecule has 0 saturated heterocycles. The third kappa shape index (κ3) is 5.44. The largest absolute Gasteiger partial charge is 0.468 e. The molecule has 0 aromatic carbocycles. The second-order valence-electron chi connectivity index (χ2n) is 4.06. The highest BCUT2D eigenvalue weighted by Crippen LogP contribution is 2.14. The molecule has 1 aromatic heterocycles. The highest BCUT2D eigenvalue weighted by Gasteiger charge is 2.13. The molecule has 6 nitrogen and oxygen atoms in total. The Morgan fingerprint density at radius 3 is 3.00 bits per heavy atom. The minimum atomic E-state index is -0.636.